The molecule has 0 radical (unpaired) electrons. The zero-order valence-corrected chi connectivity index (χ0v) is 10.5. The molecule has 1 aromatic carbocycles. The predicted molar refractivity (Wildman–Crippen MR) is 68.4 cm³/mol. The van der Waals surface area contributed by atoms with Gasteiger partial charge in [-0.15, -0.1) is 0 Å². The summed E-state index contributed by atoms with van der Waals surface area (Å²) in [6.45, 7) is 0. The van der Waals surface area contributed by atoms with Gasteiger partial charge in [0.05, 0.1) is 17.7 Å². The van der Waals surface area contributed by atoms with Crippen LogP contribution in [-0.4, -0.2) is 56.4 Å². The highest BCUT2D eigenvalue weighted by Gasteiger charge is 2.65. The maximum absolute atomic E-state index is 10.1. The van der Waals surface area contributed by atoms with Crippen molar-refractivity contribution in [1.82, 2.24) is 5.32 Å². The van der Waals surface area contributed by atoms with E-state index in [9.17, 15) is 20.4 Å². The zero-order valence-electron chi connectivity index (χ0n) is 10.5. The van der Waals surface area contributed by atoms with E-state index in [4.69, 9.17) is 0 Å². The van der Waals surface area contributed by atoms with E-state index >= 15 is 0 Å². The monoisotopic (exact) mass is 265 g/mol. The summed E-state index contributed by atoms with van der Waals surface area (Å²) in [6.07, 6.45) is -3.13. The summed E-state index contributed by atoms with van der Waals surface area (Å²) in [7, 11) is 0. The second-order valence-electron chi connectivity index (χ2n) is 5.63. The molecule has 2 aliphatic rings. The highest BCUT2D eigenvalue weighted by molar-refractivity contribution is 5.24. The van der Waals surface area contributed by atoms with E-state index in [0.717, 1.165) is 5.56 Å². The average Bonchev–Trinajstić information content (AvgIpc) is 3.06. The van der Waals surface area contributed by atoms with Crippen molar-refractivity contribution < 1.29 is 20.4 Å². The largest absolute Gasteiger partial charge is 0.391 e. The van der Waals surface area contributed by atoms with Gasteiger partial charge in [-0.1, -0.05) is 30.3 Å². The minimum Gasteiger partial charge on any atom is -0.391 e. The average molecular weight is 265 g/mol. The third-order valence-corrected chi connectivity index (χ3v) is 4.33. The third kappa shape index (κ3) is 2.07. The van der Waals surface area contributed by atoms with E-state index in [1.807, 2.05) is 30.3 Å². The molecule has 5 nitrogen and oxygen atoms in total. The maximum Gasteiger partial charge on any atom is 0.109 e. The first-order valence-electron chi connectivity index (χ1n) is 6.58. The van der Waals surface area contributed by atoms with Crippen LogP contribution in [0.5, 0.6) is 0 Å². The van der Waals surface area contributed by atoms with Crippen LogP contribution in [-0.2, 0) is 6.42 Å². The molecule has 6 atom stereocenters. The zero-order chi connectivity index (χ0) is 13.6. The van der Waals surface area contributed by atoms with Gasteiger partial charge in [-0.2, -0.15) is 0 Å². The van der Waals surface area contributed by atoms with E-state index in [2.05, 4.69) is 5.32 Å². The molecule has 1 saturated heterocycles. The molecule has 3 rings (SSSR count). The lowest BCUT2D eigenvalue weighted by atomic mass is 9.85. The molecule has 1 aliphatic carbocycles. The number of nitrogens with one attached hydrogen (secondary N) is 1. The van der Waals surface area contributed by atoms with Crippen LogP contribution in [0.2, 0.25) is 0 Å². The summed E-state index contributed by atoms with van der Waals surface area (Å²) in [5.41, 5.74) is 0.186. The fourth-order valence-electron chi connectivity index (χ4n) is 3.02. The fourth-order valence-corrected chi connectivity index (χ4v) is 3.02. The van der Waals surface area contributed by atoms with Gasteiger partial charge in [0, 0.05) is 6.04 Å². The number of rotatable bonds is 2. The Labute approximate surface area is 111 Å². The van der Waals surface area contributed by atoms with Crippen LogP contribution in [0.15, 0.2) is 30.3 Å². The molecular formula is C14H19NO4. The Balaban J connectivity index is 1.78. The van der Waals surface area contributed by atoms with Gasteiger partial charge in [-0.05, 0) is 18.4 Å². The Bertz CT molecular complexity index is 454. The molecule has 1 spiro atoms. The van der Waals surface area contributed by atoms with E-state index < -0.39 is 30.0 Å². The molecule has 0 aromatic heterocycles. The molecule has 1 saturated carbocycles. The van der Waals surface area contributed by atoms with Gasteiger partial charge in [0.1, 0.15) is 12.2 Å². The first-order chi connectivity index (χ1) is 9.04. The number of benzene rings is 1. The van der Waals surface area contributed by atoms with Crippen molar-refractivity contribution >= 4 is 0 Å². The molecule has 5 heteroatoms. The molecule has 1 aliphatic heterocycles. The molecule has 1 heterocycles. The van der Waals surface area contributed by atoms with Gasteiger partial charge in [-0.25, -0.2) is 0 Å². The summed E-state index contributed by atoms with van der Waals surface area (Å²) < 4.78 is 0. The van der Waals surface area contributed by atoms with Crippen molar-refractivity contribution in [2.24, 2.45) is 0 Å². The van der Waals surface area contributed by atoms with E-state index in [-0.39, 0.29) is 6.04 Å². The molecule has 2 fully saturated rings. The smallest absolute Gasteiger partial charge is 0.109 e. The molecule has 19 heavy (non-hydrogen) atoms. The molecule has 5 N–H and O–H groups in total. The van der Waals surface area contributed by atoms with Crippen LogP contribution in [0, 0.1) is 0 Å². The SMILES string of the molecule is O[C@@H]1[C@@H](O)[C@H](O)C2(C[C@@H]2O)N[C@@H]1Cc1ccccc1. The number of hydrogen-bond acceptors (Lipinski definition) is 5. The first kappa shape index (κ1) is 13.0. The van der Waals surface area contributed by atoms with Crippen molar-refractivity contribution in [2.45, 2.75) is 48.8 Å². The second-order valence-corrected chi connectivity index (χ2v) is 5.63. The quantitative estimate of drug-likeness (QED) is 0.462. The summed E-state index contributed by atoms with van der Waals surface area (Å²) in [4.78, 5) is 0. The minimum absolute atomic E-state index is 0.377. The van der Waals surface area contributed by atoms with Gasteiger partial charge in [0.25, 0.3) is 0 Å². The van der Waals surface area contributed by atoms with Gasteiger partial charge < -0.3 is 25.7 Å². The van der Waals surface area contributed by atoms with Crippen molar-refractivity contribution in [3.8, 4) is 0 Å². The lowest BCUT2D eigenvalue weighted by Crippen LogP contribution is -2.68. The van der Waals surface area contributed by atoms with Crippen LogP contribution in [0.25, 0.3) is 0 Å². The minimum atomic E-state index is -1.23. The Hall–Kier alpha value is -0.980. The Morgan fingerprint density at radius 2 is 1.68 bits per heavy atom. The van der Waals surface area contributed by atoms with Crippen LogP contribution < -0.4 is 5.32 Å². The normalized spacial score (nSPS) is 45.4. The number of hydrogen-bond donors (Lipinski definition) is 5. The van der Waals surface area contributed by atoms with Crippen LogP contribution in [0.4, 0.5) is 0 Å². The van der Waals surface area contributed by atoms with Crippen molar-refractivity contribution in [2.75, 3.05) is 0 Å². The standard InChI is InChI=1S/C14H19NO4/c16-10-7-14(10)13(19)12(18)11(17)9(15-14)6-8-4-2-1-3-5-8/h1-5,9-13,15-19H,6-7H2/t9-,10+,11+,12-,13+,14?/m1/s1. The second kappa shape index (κ2) is 4.54. The fraction of sp³-hybridized carbons (Fsp3) is 0.571. The van der Waals surface area contributed by atoms with Gasteiger partial charge in [0.2, 0.25) is 0 Å². The number of aliphatic hydroxyl groups is 4. The van der Waals surface area contributed by atoms with Crippen molar-refractivity contribution in [3.05, 3.63) is 35.9 Å². The highest BCUT2D eigenvalue weighted by atomic mass is 16.4. The van der Waals surface area contributed by atoms with E-state index in [0.29, 0.717) is 12.8 Å². The lowest BCUT2D eigenvalue weighted by molar-refractivity contribution is -0.125. The Kier molecular flexibility index (Phi) is 3.11. The number of aliphatic hydroxyl groups excluding tert-OH is 4. The Morgan fingerprint density at radius 3 is 2.26 bits per heavy atom. The summed E-state index contributed by atoms with van der Waals surface area (Å²) in [5, 5.41) is 42.8. The summed E-state index contributed by atoms with van der Waals surface area (Å²) >= 11 is 0. The van der Waals surface area contributed by atoms with Crippen molar-refractivity contribution in [1.29, 1.82) is 0 Å². The molecule has 0 bridgehead atoms. The molecule has 1 aromatic rings. The summed E-state index contributed by atoms with van der Waals surface area (Å²) in [6, 6.07) is 9.26. The topological polar surface area (TPSA) is 93.0 Å². The maximum atomic E-state index is 10.1. The van der Waals surface area contributed by atoms with Gasteiger partial charge in [0.15, 0.2) is 0 Å². The van der Waals surface area contributed by atoms with Crippen LogP contribution >= 0.6 is 0 Å². The Morgan fingerprint density at radius 1 is 1.05 bits per heavy atom. The molecule has 1 unspecified atom stereocenters. The molecular weight excluding hydrogens is 246 g/mol. The summed E-state index contributed by atoms with van der Waals surface area (Å²) in [5.74, 6) is 0. The third-order valence-electron chi connectivity index (χ3n) is 4.33. The predicted octanol–water partition coefficient (Wildman–Crippen LogP) is -1.21. The first-order valence-corrected chi connectivity index (χ1v) is 6.58. The van der Waals surface area contributed by atoms with Gasteiger partial charge in [-0.3, -0.25) is 0 Å². The van der Waals surface area contributed by atoms with Gasteiger partial charge >= 0.3 is 0 Å². The highest BCUT2D eigenvalue weighted by Crippen LogP contribution is 2.44. The lowest BCUT2D eigenvalue weighted by Gasteiger charge is -2.42. The van der Waals surface area contributed by atoms with Crippen molar-refractivity contribution in [3.63, 3.8) is 0 Å². The van der Waals surface area contributed by atoms with E-state index in [1.54, 1.807) is 0 Å². The van der Waals surface area contributed by atoms with Crippen LogP contribution in [0.3, 0.4) is 0 Å². The molecule has 104 valence electrons. The molecule has 0 amide bonds. The van der Waals surface area contributed by atoms with E-state index in [1.165, 1.54) is 0 Å². The van der Waals surface area contributed by atoms with Crippen LogP contribution in [0.1, 0.15) is 12.0 Å². The number of piperidine rings is 1.